The third-order valence-corrected chi connectivity index (χ3v) is 7.46. The van der Waals surface area contributed by atoms with E-state index in [1.807, 2.05) is 0 Å². The van der Waals surface area contributed by atoms with Crippen LogP contribution in [0.3, 0.4) is 0 Å². The first-order chi connectivity index (χ1) is 17.6. The highest BCUT2D eigenvalue weighted by Gasteiger charge is 2.30. The van der Waals surface area contributed by atoms with Gasteiger partial charge in [-0.05, 0) is 59.2 Å². The van der Waals surface area contributed by atoms with Gasteiger partial charge in [-0.1, -0.05) is 122 Å². The van der Waals surface area contributed by atoms with Crippen molar-refractivity contribution in [3.8, 4) is 28.2 Å². The summed E-state index contributed by atoms with van der Waals surface area (Å²) >= 11 is 0. The summed E-state index contributed by atoms with van der Waals surface area (Å²) in [6.45, 7) is 15.9. The van der Waals surface area contributed by atoms with Crippen molar-refractivity contribution in [2.45, 2.75) is 91.4 Å². The van der Waals surface area contributed by atoms with E-state index < -0.39 is 0 Å². The monoisotopic (exact) mass is 493 g/mol. The Labute approximate surface area is 224 Å². The van der Waals surface area contributed by atoms with E-state index in [1.165, 1.54) is 47.9 Å². The maximum absolute atomic E-state index is 4.87. The molecule has 3 aromatic carbocycles. The lowest BCUT2D eigenvalue weighted by Crippen LogP contribution is -2.23. The Morgan fingerprint density at radius 3 is 2.11 bits per heavy atom. The number of hydrogen-bond acceptors (Lipinski definition) is 2. The smallest absolute Gasteiger partial charge is 0.168 e. The van der Waals surface area contributed by atoms with Crippen LogP contribution in [0.5, 0.6) is 0 Å². The van der Waals surface area contributed by atoms with Crippen molar-refractivity contribution >= 4 is 0 Å². The Hall–Kier alpha value is -3.20. The zero-order valence-corrected chi connectivity index (χ0v) is 23.8. The average molecular weight is 494 g/mol. The summed E-state index contributed by atoms with van der Waals surface area (Å²) in [5.41, 5.74) is 7.22. The van der Waals surface area contributed by atoms with Crippen LogP contribution in [-0.4, -0.2) is 14.8 Å². The van der Waals surface area contributed by atoms with E-state index in [-0.39, 0.29) is 10.8 Å². The fourth-order valence-electron chi connectivity index (χ4n) is 5.08. The zero-order valence-electron chi connectivity index (χ0n) is 23.8. The lowest BCUT2D eigenvalue weighted by Gasteiger charge is -2.26. The summed E-state index contributed by atoms with van der Waals surface area (Å²) < 4.78 is 2.33. The highest BCUT2D eigenvalue weighted by molar-refractivity contribution is 5.68. The van der Waals surface area contributed by atoms with Gasteiger partial charge in [-0.3, -0.25) is 4.57 Å². The molecule has 0 aliphatic heterocycles. The molecule has 0 atom stereocenters. The van der Waals surface area contributed by atoms with Gasteiger partial charge in [0.2, 0.25) is 0 Å². The van der Waals surface area contributed by atoms with Gasteiger partial charge in [-0.25, -0.2) is 0 Å². The second-order valence-corrected chi connectivity index (χ2v) is 12.1. The van der Waals surface area contributed by atoms with Crippen molar-refractivity contribution in [2.75, 3.05) is 0 Å². The molecule has 0 aliphatic rings. The Balaban J connectivity index is 1.85. The van der Waals surface area contributed by atoms with Crippen LogP contribution in [0.25, 0.3) is 28.2 Å². The summed E-state index contributed by atoms with van der Waals surface area (Å²) in [4.78, 5) is 0. The molecule has 0 N–H and O–H groups in total. The van der Waals surface area contributed by atoms with Crippen LogP contribution < -0.4 is 0 Å². The summed E-state index contributed by atoms with van der Waals surface area (Å²) in [5.74, 6) is 1.95. The van der Waals surface area contributed by atoms with Gasteiger partial charge in [0, 0.05) is 11.0 Å². The first-order valence-electron chi connectivity index (χ1n) is 13.8. The molecule has 3 heteroatoms. The van der Waals surface area contributed by atoms with Crippen LogP contribution in [0.1, 0.15) is 90.6 Å². The molecule has 1 heterocycles. The van der Waals surface area contributed by atoms with E-state index >= 15 is 0 Å². The Bertz CT molecular complexity index is 1320. The minimum atomic E-state index is -0.0921. The van der Waals surface area contributed by atoms with Gasteiger partial charge in [0.05, 0.1) is 5.69 Å². The minimum absolute atomic E-state index is 0.0650. The van der Waals surface area contributed by atoms with Gasteiger partial charge in [0.1, 0.15) is 5.82 Å². The summed E-state index contributed by atoms with van der Waals surface area (Å²) in [6, 6.07) is 26.2. The number of unbranched alkanes of at least 4 members (excludes halogenated alkanes) is 3. The zero-order chi connectivity index (χ0) is 26.6. The van der Waals surface area contributed by atoms with Gasteiger partial charge in [0.25, 0.3) is 0 Å². The van der Waals surface area contributed by atoms with E-state index in [9.17, 15) is 0 Å². The highest BCUT2D eigenvalue weighted by atomic mass is 15.3. The molecule has 0 saturated carbocycles. The summed E-state index contributed by atoms with van der Waals surface area (Å²) in [5, 5.41) is 9.70. The molecule has 0 fully saturated rings. The van der Waals surface area contributed by atoms with Crippen molar-refractivity contribution in [3.63, 3.8) is 0 Å². The predicted octanol–water partition coefficient (Wildman–Crippen LogP) is 9.46. The number of rotatable bonds is 9. The standard InChI is InChI=1S/C34H43N3/c1-8-9-10-14-22-34(6,7)32-36-35-31(28-18-15-19-29(24-28)33(3,4)5)37(32)30-21-20-27(23-25(30)2)26-16-12-11-13-17-26/h11-13,15-21,23-24H,8-10,14,22H2,1-7H3. The van der Waals surface area contributed by atoms with Crippen LogP contribution in [0.2, 0.25) is 0 Å². The lowest BCUT2D eigenvalue weighted by molar-refractivity contribution is 0.416. The molecule has 0 aliphatic carbocycles. The molecular formula is C34H43N3. The average Bonchev–Trinajstić information content (AvgIpc) is 3.33. The highest BCUT2D eigenvalue weighted by Crippen LogP contribution is 2.36. The van der Waals surface area contributed by atoms with Gasteiger partial charge in [-0.15, -0.1) is 10.2 Å². The first-order valence-corrected chi connectivity index (χ1v) is 13.8. The Morgan fingerprint density at radius 2 is 1.43 bits per heavy atom. The molecule has 1 aromatic heterocycles. The third kappa shape index (κ3) is 6.04. The van der Waals surface area contributed by atoms with Gasteiger partial charge in [-0.2, -0.15) is 0 Å². The molecule has 4 rings (SSSR count). The van der Waals surface area contributed by atoms with Crippen LogP contribution in [0.15, 0.2) is 72.8 Å². The van der Waals surface area contributed by atoms with Crippen molar-refractivity contribution < 1.29 is 0 Å². The third-order valence-electron chi connectivity index (χ3n) is 7.46. The largest absolute Gasteiger partial charge is 0.278 e. The van der Waals surface area contributed by atoms with E-state index in [0.717, 1.165) is 29.3 Å². The maximum Gasteiger partial charge on any atom is 0.168 e. The molecule has 4 aromatic rings. The fourth-order valence-corrected chi connectivity index (χ4v) is 5.08. The first kappa shape index (κ1) is 26.9. The van der Waals surface area contributed by atoms with Crippen molar-refractivity contribution in [1.82, 2.24) is 14.8 Å². The molecule has 0 unspecified atom stereocenters. The van der Waals surface area contributed by atoms with E-state index in [0.29, 0.717) is 0 Å². The Morgan fingerprint density at radius 1 is 0.703 bits per heavy atom. The van der Waals surface area contributed by atoms with Crippen molar-refractivity contribution in [3.05, 3.63) is 89.7 Å². The molecule has 0 amide bonds. The lowest BCUT2D eigenvalue weighted by atomic mass is 9.85. The normalized spacial score (nSPS) is 12.2. The SMILES string of the molecule is CCCCCCC(C)(C)c1nnc(-c2cccc(C(C)(C)C)c2)n1-c1ccc(-c2ccccc2)cc1C. The fraction of sp³-hybridized carbons (Fsp3) is 0.412. The van der Waals surface area contributed by atoms with Crippen LogP contribution in [-0.2, 0) is 10.8 Å². The molecule has 0 bridgehead atoms. The van der Waals surface area contributed by atoms with E-state index in [2.05, 4.69) is 126 Å². The second kappa shape index (κ2) is 11.0. The number of aryl methyl sites for hydroxylation is 1. The molecule has 37 heavy (non-hydrogen) atoms. The quantitative estimate of drug-likeness (QED) is 0.217. The number of hydrogen-bond donors (Lipinski definition) is 0. The maximum atomic E-state index is 4.87. The topological polar surface area (TPSA) is 30.7 Å². The number of benzene rings is 3. The van der Waals surface area contributed by atoms with Gasteiger partial charge < -0.3 is 0 Å². The second-order valence-electron chi connectivity index (χ2n) is 12.1. The van der Waals surface area contributed by atoms with E-state index in [1.54, 1.807) is 0 Å². The van der Waals surface area contributed by atoms with Crippen LogP contribution in [0.4, 0.5) is 0 Å². The molecule has 3 nitrogen and oxygen atoms in total. The van der Waals surface area contributed by atoms with Gasteiger partial charge in [0.15, 0.2) is 5.82 Å². The summed E-state index contributed by atoms with van der Waals surface area (Å²) in [6.07, 6.45) is 6.09. The minimum Gasteiger partial charge on any atom is -0.278 e. The van der Waals surface area contributed by atoms with Crippen LogP contribution >= 0.6 is 0 Å². The molecular weight excluding hydrogens is 450 g/mol. The molecule has 0 radical (unpaired) electrons. The van der Waals surface area contributed by atoms with Crippen molar-refractivity contribution in [1.29, 1.82) is 0 Å². The van der Waals surface area contributed by atoms with Gasteiger partial charge >= 0.3 is 0 Å². The van der Waals surface area contributed by atoms with Crippen LogP contribution in [0, 0.1) is 6.92 Å². The molecule has 0 spiro atoms. The predicted molar refractivity (Wildman–Crippen MR) is 157 cm³/mol. The van der Waals surface area contributed by atoms with Crippen molar-refractivity contribution in [2.24, 2.45) is 0 Å². The Kier molecular flexibility index (Phi) is 8.02. The molecule has 194 valence electrons. The van der Waals surface area contributed by atoms with E-state index in [4.69, 9.17) is 10.2 Å². The number of aromatic nitrogens is 3. The summed E-state index contributed by atoms with van der Waals surface area (Å²) in [7, 11) is 0. The molecule has 0 saturated heterocycles. The number of nitrogens with zero attached hydrogens (tertiary/aromatic N) is 3.